The molecule has 0 aliphatic rings. The normalized spacial score (nSPS) is 11.0. The van der Waals surface area contributed by atoms with E-state index in [1.165, 1.54) is 0 Å². The third kappa shape index (κ3) is 2.32. The summed E-state index contributed by atoms with van der Waals surface area (Å²) in [6, 6.07) is 0. The average molecular weight is 181 g/mol. The van der Waals surface area contributed by atoms with Crippen LogP contribution in [0, 0.1) is 0 Å². The Morgan fingerprint density at radius 1 is 1.69 bits per heavy atom. The van der Waals surface area contributed by atoms with Crippen LogP contribution in [-0.2, 0) is 7.05 Å². The Labute approximate surface area is 78.0 Å². The largest absolute Gasteiger partial charge is 0.493 e. The van der Waals surface area contributed by atoms with E-state index in [0.29, 0.717) is 6.54 Å². The molecule has 4 nitrogen and oxygen atoms in total. The van der Waals surface area contributed by atoms with Gasteiger partial charge in [-0.05, 0) is 19.0 Å². The SMILES string of the molecule is COc1cnn(C)c1/C=C/CCN. The molecule has 1 aromatic heterocycles. The van der Waals surface area contributed by atoms with Gasteiger partial charge >= 0.3 is 0 Å². The highest BCUT2D eigenvalue weighted by Crippen LogP contribution is 2.17. The molecule has 72 valence electrons. The number of hydrogen-bond acceptors (Lipinski definition) is 3. The van der Waals surface area contributed by atoms with Crippen LogP contribution in [0.3, 0.4) is 0 Å². The van der Waals surface area contributed by atoms with Crippen LogP contribution in [0.25, 0.3) is 6.08 Å². The molecule has 4 heteroatoms. The number of aromatic nitrogens is 2. The molecular weight excluding hydrogens is 166 g/mol. The summed E-state index contributed by atoms with van der Waals surface area (Å²) in [6.07, 6.45) is 6.55. The molecule has 0 aromatic carbocycles. The molecular formula is C9H15N3O. The van der Waals surface area contributed by atoms with Gasteiger partial charge in [-0.15, -0.1) is 0 Å². The molecule has 0 radical (unpaired) electrons. The summed E-state index contributed by atoms with van der Waals surface area (Å²) in [5, 5.41) is 4.08. The van der Waals surface area contributed by atoms with Crippen molar-refractivity contribution in [3.8, 4) is 5.75 Å². The molecule has 1 rings (SSSR count). The Morgan fingerprint density at radius 3 is 3.08 bits per heavy atom. The lowest BCUT2D eigenvalue weighted by molar-refractivity contribution is 0.413. The van der Waals surface area contributed by atoms with Crippen LogP contribution in [0.2, 0.25) is 0 Å². The lowest BCUT2D eigenvalue weighted by atomic mass is 10.3. The Bertz CT molecular complexity index is 291. The molecule has 0 bridgehead atoms. The van der Waals surface area contributed by atoms with Gasteiger partial charge in [0.05, 0.1) is 13.3 Å². The molecule has 0 amide bonds. The number of nitrogens with zero attached hydrogens (tertiary/aromatic N) is 2. The standard InChI is InChI=1S/C9H15N3O/c1-12-8(5-3-4-6-10)9(13-2)7-11-12/h3,5,7H,4,6,10H2,1-2H3/b5-3+. The Hall–Kier alpha value is -1.29. The maximum atomic E-state index is 5.37. The fraction of sp³-hybridized carbons (Fsp3) is 0.444. The van der Waals surface area contributed by atoms with Crippen molar-refractivity contribution in [2.24, 2.45) is 12.8 Å². The molecule has 1 heterocycles. The van der Waals surface area contributed by atoms with Gasteiger partial charge in [0.1, 0.15) is 5.69 Å². The monoisotopic (exact) mass is 181 g/mol. The Morgan fingerprint density at radius 2 is 2.46 bits per heavy atom. The van der Waals surface area contributed by atoms with Gasteiger partial charge in [-0.3, -0.25) is 4.68 Å². The van der Waals surface area contributed by atoms with E-state index in [2.05, 4.69) is 5.10 Å². The summed E-state index contributed by atoms with van der Waals surface area (Å²) in [5.74, 6) is 0.788. The van der Waals surface area contributed by atoms with Crippen LogP contribution in [0.1, 0.15) is 12.1 Å². The molecule has 0 saturated carbocycles. The molecule has 0 unspecified atom stereocenters. The van der Waals surface area contributed by atoms with Crippen LogP contribution in [0.5, 0.6) is 5.75 Å². The van der Waals surface area contributed by atoms with Crippen molar-refractivity contribution in [1.29, 1.82) is 0 Å². The van der Waals surface area contributed by atoms with E-state index in [9.17, 15) is 0 Å². The molecule has 1 aromatic rings. The minimum Gasteiger partial charge on any atom is -0.493 e. The van der Waals surface area contributed by atoms with Crippen molar-refractivity contribution in [2.75, 3.05) is 13.7 Å². The molecule has 13 heavy (non-hydrogen) atoms. The maximum absolute atomic E-state index is 5.37. The second-order valence-corrected chi connectivity index (χ2v) is 2.70. The predicted octanol–water partition coefficient (Wildman–Crippen LogP) is 0.791. The highest BCUT2D eigenvalue weighted by Gasteiger charge is 2.03. The summed E-state index contributed by atoms with van der Waals surface area (Å²) < 4.78 is 6.90. The molecule has 0 aliphatic heterocycles. The maximum Gasteiger partial charge on any atom is 0.164 e. The second kappa shape index (κ2) is 4.67. The minimum absolute atomic E-state index is 0.663. The van der Waals surface area contributed by atoms with Crippen molar-refractivity contribution in [1.82, 2.24) is 9.78 Å². The average Bonchev–Trinajstić information content (AvgIpc) is 2.48. The van der Waals surface area contributed by atoms with E-state index in [-0.39, 0.29) is 0 Å². The molecule has 0 aliphatic carbocycles. The first kappa shape index (κ1) is 9.80. The first-order valence-corrected chi connectivity index (χ1v) is 4.22. The fourth-order valence-corrected chi connectivity index (χ4v) is 1.07. The molecule has 2 N–H and O–H groups in total. The molecule has 0 fully saturated rings. The van der Waals surface area contributed by atoms with Gasteiger partial charge in [0, 0.05) is 7.05 Å². The van der Waals surface area contributed by atoms with Crippen LogP contribution in [0.4, 0.5) is 0 Å². The summed E-state index contributed by atoms with van der Waals surface area (Å²) in [4.78, 5) is 0. The van der Waals surface area contributed by atoms with Crippen LogP contribution in [0.15, 0.2) is 12.3 Å². The number of nitrogens with two attached hydrogens (primary N) is 1. The summed E-state index contributed by atoms with van der Waals surface area (Å²) >= 11 is 0. The van der Waals surface area contributed by atoms with E-state index in [1.54, 1.807) is 18.0 Å². The van der Waals surface area contributed by atoms with Gasteiger partial charge in [0.15, 0.2) is 5.75 Å². The Kier molecular flexibility index (Phi) is 3.52. The van der Waals surface area contributed by atoms with Crippen molar-refractivity contribution >= 4 is 6.08 Å². The van der Waals surface area contributed by atoms with E-state index < -0.39 is 0 Å². The minimum atomic E-state index is 0.663. The van der Waals surface area contributed by atoms with Crippen molar-refractivity contribution in [3.63, 3.8) is 0 Å². The zero-order valence-corrected chi connectivity index (χ0v) is 8.03. The smallest absolute Gasteiger partial charge is 0.164 e. The van der Waals surface area contributed by atoms with Gasteiger partial charge < -0.3 is 10.5 Å². The topological polar surface area (TPSA) is 53.1 Å². The Balaban J connectivity index is 2.79. The van der Waals surface area contributed by atoms with Crippen molar-refractivity contribution < 1.29 is 4.74 Å². The first-order chi connectivity index (χ1) is 6.29. The highest BCUT2D eigenvalue weighted by molar-refractivity contribution is 5.52. The van der Waals surface area contributed by atoms with Gasteiger partial charge in [-0.25, -0.2) is 0 Å². The zero-order valence-electron chi connectivity index (χ0n) is 8.03. The second-order valence-electron chi connectivity index (χ2n) is 2.70. The predicted molar refractivity (Wildman–Crippen MR) is 52.5 cm³/mol. The van der Waals surface area contributed by atoms with Crippen LogP contribution in [-0.4, -0.2) is 23.4 Å². The van der Waals surface area contributed by atoms with Gasteiger partial charge in [0.2, 0.25) is 0 Å². The van der Waals surface area contributed by atoms with Crippen molar-refractivity contribution in [2.45, 2.75) is 6.42 Å². The van der Waals surface area contributed by atoms with Gasteiger partial charge in [0.25, 0.3) is 0 Å². The van der Waals surface area contributed by atoms with E-state index in [4.69, 9.17) is 10.5 Å². The van der Waals surface area contributed by atoms with Gasteiger partial charge in [-0.1, -0.05) is 6.08 Å². The number of hydrogen-bond donors (Lipinski definition) is 1. The lowest BCUT2D eigenvalue weighted by Crippen LogP contribution is -1.96. The van der Waals surface area contributed by atoms with Gasteiger partial charge in [-0.2, -0.15) is 5.10 Å². The first-order valence-electron chi connectivity index (χ1n) is 4.22. The lowest BCUT2D eigenvalue weighted by Gasteiger charge is -1.98. The van der Waals surface area contributed by atoms with Crippen LogP contribution >= 0.6 is 0 Å². The fourth-order valence-electron chi connectivity index (χ4n) is 1.07. The van der Waals surface area contributed by atoms with E-state index in [0.717, 1.165) is 17.9 Å². The zero-order chi connectivity index (χ0) is 9.68. The molecule has 0 atom stereocenters. The number of methoxy groups -OCH3 is 1. The summed E-state index contributed by atoms with van der Waals surface area (Å²) in [6.45, 7) is 0.663. The van der Waals surface area contributed by atoms with Crippen LogP contribution < -0.4 is 10.5 Å². The third-order valence-corrected chi connectivity index (χ3v) is 1.78. The van der Waals surface area contributed by atoms with E-state index >= 15 is 0 Å². The van der Waals surface area contributed by atoms with E-state index in [1.807, 2.05) is 19.2 Å². The number of aryl methyl sites for hydroxylation is 1. The molecule has 0 spiro atoms. The third-order valence-electron chi connectivity index (χ3n) is 1.78. The quantitative estimate of drug-likeness (QED) is 0.747. The highest BCUT2D eigenvalue weighted by atomic mass is 16.5. The number of ether oxygens (including phenoxy) is 1. The number of rotatable bonds is 4. The summed E-state index contributed by atoms with van der Waals surface area (Å²) in [5.41, 5.74) is 6.34. The summed E-state index contributed by atoms with van der Waals surface area (Å²) in [7, 11) is 3.52. The van der Waals surface area contributed by atoms with Crippen molar-refractivity contribution in [3.05, 3.63) is 18.0 Å². The molecule has 0 saturated heterocycles.